The normalized spacial score (nSPS) is 14.5. The van der Waals surface area contributed by atoms with Gasteiger partial charge < -0.3 is 9.88 Å². The van der Waals surface area contributed by atoms with Crippen LogP contribution in [0.4, 0.5) is 0 Å². The van der Waals surface area contributed by atoms with Crippen molar-refractivity contribution in [1.82, 2.24) is 9.88 Å². The van der Waals surface area contributed by atoms with Gasteiger partial charge in [0, 0.05) is 67.9 Å². The van der Waals surface area contributed by atoms with Crippen molar-refractivity contribution in [2.45, 2.75) is 6.17 Å². The number of nitrogens with one attached hydrogen (secondary N) is 1. The van der Waals surface area contributed by atoms with E-state index in [1.807, 2.05) is 46.9 Å². The Kier molecular flexibility index (Phi) is 7.30. The van der Waals surface area contributed by atoms with Crippen molar-refractivity contribution in [2.75, 3.05) is 0 Å². The van der Waals surface area contributed by atoms with Crippen LogP contribution < -0.4 is 5.32 Å². The minimum Gasteiger partial charge on any atom is -0.344 e. The Bertz CT molecular complexity index is 3390. The maximum Gasteiger partial charge on any atom is 0.159 e. The van der Waals surface area contributed by atoms with Crippen molar-refractivity contribution in [2.24, 2.45) is 9.98 Å². The van der Waals surface area contributed by atoms with Crippen molar-refractivity contribution in [3.8, 4) is 16.8 Å². The van der Waals surface area contributed by atoms with Crippen molar-refractivity contribution in [3.05, 3.63) is 199 Å². The molecule has 0 saturated carbocycles. The molecule has 11 aromatic rings. The quantitative estimate of drug-likeness (QED) is 0.186. The van der Waals surface area contributed by atoms with Gasteiger partial charge in [-0.3, -0.25) is 0 Å². The maximum absolute atomic E-state index is 5.12. The van der Waals surface area contributed by atoms with Gasteiger partial charge in [0.1, 0.15) is 12.0 Å². The molecule has 1 aliphatic heterocycles. The highest BCUT2D eigenvalue weighted by Crippen LogP contribution is 2.43. The Morgan fingerprint density at radius 1 is 0.456 bits per heavy atom. The lowest BCUT2D eigenvalue weighted by Gasteiger charge is -2.23. The molecular formula is C51H32N4S2. The van der Waals surface area contributed by atoms with Crippen molar-refractivity contribution in [1.29, 1.82) is 0 Å². The third-order valence-electron chi connectivity index (χ3n) is 11.3. The molecule has 0 radical (unpaired) electrons. The largest absolute Gasteiger partial charge is 0.344 e. The summed E-state index contributed by atoms with van der Waals surface area (Å²) in [4.78, 5) is 10.2. The number of aliphatic imine (C=N–C) groups is 2. The van der Waals surface area contributed by atoms with Gasteiger partial charge in [-0.25, -0.2) is 9.98 Å². The maximum atomic E-state index is 5.12. The number of rotatable bonds is 5. The summed E-state index contributed by atoms with van der Waals surface area (Å²) in [5, 5.41) is 11.3. The van der Waals surface area contributed by atoms with E-state index < -0.39 is 0 Å². The minimum atomic E-state index is -0.245. The molecule has 1 N–H and O–H groups in total. The molecule has 12 rings (SSSR count). The molecule has 268 valence electrons. The number of fused-ring (bicyclic) bond motifs is 9. The number of thiophene rings is 2. The number of benzene rings is 8. The average Bonchev–Trinajstić information content (AvgIpc) is 3.95. The van der Waals surface area contributed by atoms with Gasteiger partial charge in [-0.2, -0.15) is 0 Å². The van der Waals surface area contributed by atoms with Crippen molar-refractivity contribution < 1.29 is 0 Å². The van der Waals surface area contributed by atoms with E-state index in [2.05, 4.69) is 168 Å². The fourth-order valence-electron chi connectivity index (χ4n) is 8.61. The molecule has 1 unspecified atom stereocenters. The Morgan fingerprint density at radius 2 is 1.12 bits per heavy atom. The standard InChI is InChI=1S/C51H32N4S2/c1-3-12-31(13-4-1)49-52-50(32-14-5-2-6-15-32)54-51(53-49)34-23-27-44-41(28-34)48-36(18-11-21-45(48)56-44)33-22-25-39-40-26-24-35(30-47(40)57-46(39)29-33)55-42-19-9-7-16-37(42)38-17-8-10-20-43(38)55/h1-30,49H,(H,52,53,54). The minimum absolute atomic E-state index is 0.245. The lowest BCUT2D eigenvalue weighted by atomic mass is 9.97. The molecule has 6 heteroatoms. The lowest BCUT2D eigenvalue weighted by Crippen LogP contribution is -2.33. The van der Waals surface area contributed by atoms with E-state index in [1.165, 1.54) is 79.0 Å². The van der Waals surface area contributed by atoms with Crippen LogP contribution >= 0.6 is 22.7 Å². The zero-order valence-electron chi connectivity index (χ0n) is 30.6. The SMILES string of the molecule is c1ccc(C2=NC(c3ccccc3)NC(c3ccc4sc5cccc(-c6ccc7c(c6)sc6cc(-n8c9ccccc9c9ccccc98)ccc67)c5c4c3)=N2)cc1. The second-order valence-corrected chi connectivity index (χ2v) is 16.8. The summed E-state index contributed by atoms with van der Waals surface area (Å²) in [6, 6.07) is 65.5. The van der Waals surface area contributed by atoms with E-state index in [0.29, 0.717) is 0 Å². The molecule has 57 heavy (non-hydrogen) atoms. The molecule has 0 aliphatic carbocycles. The average molecular weight is 765 g/mol. The molecule has 0 amide bonds. The third-order valence-corrected chi connectivity index (χ3v) is 13.5. The third kappa shape index (κ3) is 5.26. The summed E-state index contributed by atoms with van der Waals surface area (Å²) in [5.74, 6) is 1.55. The van der Waals surface area contributed by atoms with Crippen LogP contribution in [0.25, 0.3) is 79.0 Å². The van der Waals surface area contributed by atoms with E-state index in [-0.39, 0.29) is 6.17 Å². The van der Waals surface area contributed by atoms with Crippen molar-refractivity contribution >= 4 is 96.5 Å². The zero-order chi connectivity index (χ0) is 37.5. The van der Waals surface area contributed by atoms with E-state index in [0.717, 1.165) is 28.4 Å². The number of aromatic nitrogens is 1. The first kappa shape index (κ1) is 32.4. The van der Waals surface area contributed by atoms with Gasteiger partial charge in [0.05, 0.1) is 11.0 Å². The monoisotopic (exact) mass is 764 g/mol. The number of hydrogen-bond acceptors (Lipinski definition) is 5. The fraction of sp³-hybridized carbons (Fsp3) is 0.0196. The van der Waals surface area contributed by atoms with Gasteiger partial charge in [0.2, 0.25) is 0 Å². The first-order chi connectivity index (χ1) is 28.2. The highest BCUT2D eigenvalue weighted by Gasteiger charge is 2.22. The van der Waals surface area contributed by atoms with Gasteiger partial charge in [-0.1, -0.05) is 127 Å². The summed E-state index contributed by atoms with van der Waals surface area (Å²) in [5.41, 5.74) is 9.26. The number of amidine groups is 2. The van der Waals surface area contributed by atoms with Crippen LogP contribution in [0.15, 0.2) is 192 Å². The Labute approximate surface area is 336 Å². The van der Waals surface area contributed by atoms with Gasteiger partial charge >= 0.3 is 0 Å². The molecular weight excluding hydrogens is 733 g/mol. The Hall–Kier alpha value is -6.86. The summed E-state index contributed by atoms with van der Waals surface area (Å²) in [7, 11) is 0. The molecule has 3 aromatic heterocycles. The molecule has 0 saturated heterocycles. The van der Waals surface area contributed by atoms with E-state index in [4.69, 9.17) is 9.98 Å². The number of hydrogen-bond donors (Lipinski definition) is 1. The molecule has 1 aliphatic rings. The van der Waals surface area contributed by atoms with Crippen LogP contribution in [0.1, 0.15) is 22.9 Å². The number of para-hydroxylation sites is 2. The van der Waals surface area contributed by atoms with Crippen LogP contribution in [-0.4, -0.2) is 16.2 Å². The van der Waals surface area contributed by atoms with Crippen LogP contribution in [0.3, 0.4) is 0 Å². The zero-order valence-corrected chi connectivity index (χ0v) is 32.2. The lowest BCUT2D eigenvalue weighted by molar-refractivity contribution is 0.674. The second kappa shape index (κ2) is 12.8. The number of nitrogens with zero attached hydrogens (tertiary/aromatic N) is 3. The van der Waals surface area contributed by atoms with Crippen LogP contribution in [0, 0.1) is 0 Å². The van der Waals surface area contributed by atoms with E-state index in [1.54, 1.807) is 0 Å². The van der Waals surface area contributed by atoms with Gasteiger partial charge in [0.25, 0.3) is 0 Å². The molecule has 4 heterocycles. The highest BCUT2D eigenvalue weighted by atomic mass is 32.1. The van der Waals surface area contributed by atoms with Gasteiger partial charge in [0.15, 0.2) is 5.84 Å². The molecule has 0 spiro atoms. The second-order valence-electron chi connectivity index (χ2n) is 14.6. The smallest absolute Gasteiger partial charge is 0.159 e. The summed E-state index contributed by atoms with van der Waals surface area (Å²) >= 11 is 3.72. The first-order valence-electron chi connectivity index (χ1n) is 19.2. The highest BCUT2D eigenvalue weighted by molar-refractivity contribution is 7.26. The molecule has 0 bridgehead atoms. The molecule has 1 atom stereocenters. The summed E-state index contributed by atoms with van der Waals surface area (Å²) in [6.45, 7) is 0. The predicted molar refractivity (Wildman–Crippen MR) is 244 cm³/mol. The Balaban J connectivity index is 0.967. The summed E-state index contributed by atoms with van der Waals surface area (Å²) < 4.78 is 7.52. The Morgan fingerprint density at radius 3 is 1.91 bits per heavy atom. The van der Waals surface area contributed by atoms with Crippen LogP contribution in [0.5, 0.6) is 0 Å². The van der Waals surface area contributed by atoms with Crippen molar-refractivity contribution in [3.63, 3.8) is 0 Å². The summed E-state index contributed by atoms with van der Waals surface area (Å²) in [6.07, 6.45) is -0.245. The predicted octanol–water partition coefficient (Wildman–Crippen LogP) is 13.7. The van der Waals surface area contributed by atoms with Crippen LogP contribution in [0.2, 0.25) is 0 Å². The molecule has 4 nitrogen and oxygen atoms in total. The fourth-order valence-corrected chi connectivity index (χ4v) is 10.9. The van der Waals surface area contributed by atoms with Gasteiger partial charge in [-0.05, 0) is 71.3 Å². The van der Waals surface area contributed by atoms with E-state index in [9.17, 15) is 0 Å². The van der Waals surface area contributed by atoms with Crippen LogP contribution in [-0.2, 0) is 0 Å². The first-order valence-corrected chi connectivity index (χ1v) is 20.8. The van der Waals surface area contributed by atoms with E-state index >= 15 is 0 Å². The molecule has 0 fully saturated rings. The molecule has 8 aromatic carbocycles. The topological polar surface area (TPSA) is 41.7 Å². The van der Waals surface area contributed by atoms with Gasteiger partial charge in [-0.15, -0.1) is 22.7 Å².